The lowest BCUT2D eigenvalue weighted by Gasteiger charge is -2.17. The van der Waals surface area contributed by atoms with Gasteiger partial charge in [0.15, 0.2) is 0 Å². The topological polar surface area (TPSA) is 55.3 Å². The summed E-state index contributed by atoms with van der Waals surface area (Å²) in [6.45, 7) is 0.870. The van der Waals surface area contributed by atoms with Crippen molar-refractivity contribution in [2.24, 2.45) is 0 Å². The second-order valence-corrected chi connectivity index (χ2v) is 5.40. The van der Waals surface area contributed by atoms with Crippen molar-refractivity contribution in [3.63, 3.8) is 0 Å². The lowest BCUT2D eigenvalue weighted by Crippen LogP contribution is -2.31. The Balaban J connectivity index is 1.59. The van der Waals surface area contributed by atoms with E-state index >= 15 is 0 Å². The highest BCUT2D eigenvalue weighted by Crippen LogP contribution is 2.29. The van der Waals surface area contributed by atoms with Crippen LogP contribution in [0.4, 0.5) is 13.2 Å². The number of rotatable bonds is 3. The first kappa shape index (κ1) is 16.2. The molecule has 0 radical (unpaired) electrons. The van der Waals surface area contributed by atoms with E-state index in [4.69, 9.17) is 4.74 Å². The number of aromatic nitrogens is 2. The summed E-state index contributed by atoms with van der Waals surface area (Å²) in [7, 11) is 0. The Morgan fingerprint density at radius 3 is 2.71 bits per heavy atom. The van der Waals surface area contributed by atoms with E-state index in [0.29, 0.717) is 25.1 Å². The highest BCUT2D eigenvalue weighted by atomic mass is 19.4. The van der Waals surface area contributed by atoms with Gasteiger partial charge in [0.1, 0.15) is 6.10 Å². The third kappa shape index (κ3) is 3.64. The third-order valence-corrected chi connectivity index (χ3v) is 3.69. The molecule has 0 aromatic carbocycles. The van der Waals surface area contributed by atoms with Crippen LogP contribution in [0.2, 0.25) is 0 Å². The van der Waals surface area contributed by atoms with Crippen LogP contribution in [0.3, 0.4) is 0 Å². The molecule has 24 heavy (non-hydrogen) atoms. The van der Waals surface area contributed by atoms with E-state index in [1.165, 1.54) is 12.3 Å². The van der Waals surface area contributed by atoms with Crippen LogP contribution in [0.25, 0.3) is 0 Å². The molecule has 1 atom stereocenters. The zero-order valence-electron chi connectivity index (χ0n) is 12.5. The van der Waals surface area contributed by atoms with E-state index in [1.54, 1.807) is 23.2 Å². The monoisotopic (exact) mass is 337 g/mol. The van der Waals surface area contributed by atoms with Crippen molar-refractivity contribution in [2.75, 3.05) is 13.1 Å². The molecule has 2 aromatic rings. The van der Waals surface area contributed by atoms with E-state index in [-0.39, 0.29) is 17.9 Å². The van der Waals surface area contributed by atoms with Crippen LogP contribution in [0.5, 0.6) is 5.88 Å². The van der Waals surface area contributed by atoms with Gasteiger partial charge in [-0.1, -0.05) is 0 Å². The molecule has 0 saturated carbocycles. The predicted octanol–water partition coefficient (Wildman–Crippen LogP) is 2.79. The van der Waals surface area contributed by atoms with E-state index in [9.17, 15) is 18.0 Å². The number of likely N-dealkylation sites (tertiary alicyclic amines) is 1. The summed E-state index contributed by atoms with van der Waals surface area (Å²) in [6.07, 6.45) is -0.310. The predicted molar refractivity (Wildman–Crippen MR) is 78.4 cm³/mol. The lowest BCUT2D eigenvalue weighted by molar-refractivity contribution is -0.137. The van der Waals surface area contributed by atoms with Crippen LogP contribution in [-0.2, 0) is 6.18 Å². The van der Waals surface area contributed by atoms with Crippen LogP contribution in [0.15, 0.2) is 42.9 Å². The summed E-state index contributed by atoms with van der Waals surface area (Å²) in [6, 6.07) is 5.48. The molecule has 1 amide bonds. The Bertz CT molecular complexity index is 705. The van der Waals surface area contributed by atoms with Gasteiger partial charge in [-0.05, 0) is 18.2 Å². The van der Waals surface area contributed by atoms with Crippen molar-refractivity contribution in [2.45, 2.75) is 18.7 Å². The summed E-state index contributed by atoms with van der Waals surface area (Å²) >= 11 is 0. The van der Waals surface area contributed by atoms with Crippen LogP contribution in [-0.4, -0.2) is 40.0 Å². The van der Waals surface area contributed by atoms with Gasteiger partial charge in [-0.25, -0.2) is 4.98 Å². The fourth-order valence-electron chi connectivity index (χ4n) is 2.47. The van der Waals surface area contributed by atoms with Crippen molar-refractivity contribution in [1.82, 2.24) is 14.9 Å². The maximum atomic E-state index is 12.5. The highest BCUT2D eigenvalue weighted by Gasteiger charge is 2.31. The zero-order valence-corrected chi connectivity index (χ0v) is 12.5. The molecule has 5 nitrogen and oxygen atoms in total. The van der Waals surface area contributed by atoms with Gasteiger partial charge in [0.2, 0.25) is 5.88 Å². The molecule has 3 heterocycles. The first-order chi connectivity index (χ1) is 11.4. The average Bonchev–Trinajstić information content (AvgIpc) is 3.03. The Kier molecular flexibility index (Phi) is 4.37. The number of halogens is 3. The Morgan fingerprint density at radius 2 is 2.08 bits per heavy atom. The maximum Gasteiger partial charge on any atom is 0.417 e. The second kappa shape index (κ2) is 6.46. The molecular formula is C16H14F3N3O2. The van der Waals surface area contributed by atoms with Crippen LogP contribution in [0, 0.1) is 0 Å². The largest absolute Gasteiger partial charge is 0.472 e. The maximum absolute atomic E-state index is 12.5. The number of ether oxygens (including phenoxy) is 1. The van der Waals surface area contributed by atoms with Gasteiger partial charge in [0.25, 0.3) is 5.91 Å². The molecule has 1 fully saturated rings. The number of carbonyl (C=O) groups is 1. The van der Waals surface area contributed by atoms with Gasteiger partial charge >= 0.3 is 6.18 Å². The summed E-state index contributed by atoms with van der Waals surface area (Å²) in [5.74, 6) is -0.0294. The summed E-state index contributed by atoms with van der Waals surface area (Å²) in [5, 5.41) is 0. The Hall–Kier alpha value is -2.64. The fourth-order valence-corrected chi connectivity index (χ4v) is 2.47. The minimum atomic E-state index is -4.42. The van der Waals surface area contributed by atoms with Gasteiger partial charge in [-0.3, -0.25) is 9.78 Å². The van der Waals surface area contributed by atoms with E-state index in [2.05, 4.69) is 9.97 Å². The smallest absolute Gasteiger partial charge is 0.417 e. The van der Waals surface area contributed by atoms with E-state index in [1.807, 2.05) is 0 Å². The highest BCUT2D eigenvalue weighted by molar-refractivity contribution is 5.94. The minimum absolute atomic E-state index is 0.115. The molecule has 0 bridgehead atoms. The number of amides is 1. The summed E-state index contributed by atoms with van der Waals surface area (Å²) in [5.41, 5.74) is -0.333. The molecule has 8 heteroatoms. The number of pyridine rings is 2. The number of hydrogen-bond donors (Lipinski definition) is 0. The Labute approximate surface area is 136 Å². The van der Waals surface area contributed by atoms with Gasteiger partial charge in [0, 0.05) is 37.6 Å². The molecule has 0 aliphatic carbocycles. The molecule has 126 valence electrons. The lowest BCUT2D eigenvalue weighted by atomic mass is 10.2. The molecular weight excluding hydrogens is 323 g/mol. The fraction of sp³-hybridized carbons (Fsp3) is 0.312. The van der Waals surface area contributed by atoms with Crippen molar-refractivity contribution >= 4 is 5.91 Å². The van der Waals surface area contributed by atoms with Crippen molar-refractivity contribution < 1.29 is 22.7 Å². The van der Waals surface area contributed by atoms with Crippen LogP contribution in [0.1, 0.15) is 22.3 Å². The minimum Gasteiger partial charge on any atom is -0.472 e. The second-order valence-electron chi connectivity index (χ2n) is 5.40. The summed E-state index contributed by atoms with van der Waals surface area (Å²) < 4.78 is 43.1. The van der Waals surface area contributed by atoms with Crippen molar-refractivity contribution in [3.8, 4) is 5.88 Å². The van der Waals surface area contributed by atoms with Gasteiger partial charge in [0.05, 0.1) is 17.7 Å². The molecule has 2 aromatic heterocycles. The average molecular weight is 337 g/mol. The standard InChI is InChI=1S/C16H14F3N3O2/c17-16(18,19)12-3-4-14(21-9-12)24-13-5-7-22(10-13)15(23)11-2-1-6-20-8-11/h1-4,6,8-9,13H,5,7,10H2/t13-/m0/s1. The zero-order chi connectivity index (χ0) is 17.2. The van der Waals surface area contributed by atoms with Crippen molar-refractivity contribution in [1.29, 1.82) is 0 Å². The normalized spacial score (nSPS) is 17.8. The summed E-state index contributed by atoms with van der Waals surface area (Å²) in [4.78, 5) is 21.5. The van der Waals surface area contributed by atoms with Crippen molar-refractivity contribution in [3.05, 3.63) is 54.0 Å². The molecule has 0 unspecified atom stereocenters. The van der Waals surface area contributed by atoms with Gasteiger partial charge in [-0.15, -0.1) is 0 Å². The number of hydrogen-bond acceptors (Lipinski definition) is 4. The molecule has 1 saturated heterocycles. The molecule has 0 spiro atoms. The van der Waals surface area contributed by atoms with Gasteiger partial charge < -0.3 is 9.64 Å². The van der Waals surface area contributed by atoms with E-state index < -0.39 is 11.7 Å². The number of carbonyl (C=O) groups excluding carboxylic acids is 1. The van der Waals surface area contributed by atoms with Crippen LogP contribution < -0.4 is 4.74 Å². The Morgan fingerprint density at radius 1 is 1.25 bits per heavy atom. The number of nitrogens with zero attached hydrogens (tertiary/aromatic N) is 3. The van der Waals surface area contributed by atoms with E-state index in [0.717, 1.165) is 12.3 Å². The molecule has 1 aliphatic rings. The first-order valence-electron chi connectivity index (χ1n) is 7.33. The van der Waals surface area contributed by atoms with Crippen LogP contribution >= 0.6 is 0 Å². The number of alkyl halides is 3. The molecule has 0 N–H and O–H groups in total. The molecule has 1 aliphatic heterocycles. The molecule has 3 rings (SSSR count). The SMILES string of the molecule is O=C(c1cccnc1)N1CC[C@H](Oc2ccc(C(F)(F)F)cn2)C1. The first-order valence-corrected chi connectivity index (χ1v) is 7.33. The quantitative estimate of drug-likeness (QED) is 0.864. The third-order valence-electron chi connectivity index (χ3n) is 3.69. The van der Waals surface area contributed by atoms with Gasteiger partial charge in [-0.2, -0.15) is 13.2 Å².